The fourth-order valence-corrected chi connectivity index (χ4v) is 1.43. The number of benzene rings is 1. The van der Waals surface area contributed by atoms with Crippen molar-refractivity contribution in [1.29, 1.82) is 5.26 Å². The van der Waals surface area contributed by atoms with Crippen molar-refractivity contribution < 1.29 is 36.2 Å². The van der Waals surface area contributed by atoms with Gasteiger partial charge in [0, 0.05) is 0 Å². The normalized spacial score (nSPS) is 12.1. The molecule has 1 aromatic rings. The SMILES string of the molecule is N#Cc1c(C(=O)O)ccc(C(F)(F)F)c1C(F)(F)F. The molecule has 1 N–H and O–H groups in total. The molecule has 0 aliphatic rings. The summed E-state index contributed by atoms with van der Waals surface area (Å²) in [6.07, 6.45) is -10.9. The molecule has 0 radical (unpaired) electrons. The van der Waals surface area contributed by atoms with Gasteiger partial charge in [0.25, 0.3) is 0 Å². The van der Waals surface area contributed by atoms with Crippen molar-refractivity contribution in [3.05, 3.63) is 34.4 Å². The van der Waals surface area contributed by atoms with Crippen LogP contribution in [0.15, 0.2) is 12.1 Å². The van der Waals surface area contributed by atoms with Gasteiger partial charge in [0.15, 0.2) is 0 Å². The molecule has 1 rings (SSSR count). The van der Waals surface area contributed by atoms with Crippen LogP contribution in [0.4, 0.5) is 26.3 Å². The zero-order valence-electron chi connectivity index (χ0n) is 8.73. The second kappa shape index (κ2) is 4.46. The molecule has 0 bridgehead atoms. The summed E-state index contributed by atoms with van der Waals surface area (Å²) in [6, 6.07) is 1.18. The van der Waals surface area contributed by atoms with Gasteiger partial charge in [-0.05, 0) is 12.1 Å². The van der Waals surface area contributed by atoms with Crippen LogP contribution in [0.3, 0.4) is 0 Å². The molecule has 19 heavy (non-hydrogen) atoms. The summed E-state index contributed by atoms with van der Waals surface area (Å²) < 4.78 is 75.3. The molecule has 0 saturated carbocycles. The molecular formula is C10H3F6NO2. The van der Waals surface area contributed by atoms with E-state index in [2.05, 4.69) is 0 Å². The first-order valence-corrected chi connectivity index (χ1v) is 4.45. The molecule has 0 amide bonds. The highest BCUT2D eigenvalue weighted by Crippen LogP contribution is 2.42. The van der Waals surface area contributed by atoms with Crippen molar-refractivity contribution in [2.24, 2.45) is 0 Å². The van der Waals surface area contributed by atoms with Gasteiger partial charge in [-0.25, -0.2) is 4.79 Å². The van der Waals surface area contributed by atoms with Gasteiger partial charge < -0.3 is 5.11 Å². The average molecular weight is 283 g/mol. The third-order valence-electron chi connectivity index (χ3n) is 2.14. The Morgan fingerprint density at radius 3 is 1.95 bits per heavy atom. The van der Waals surface area contributed by atoms with Crippen molar-refractivity contribution in [2.75, 3.05) is 0 Å². The van der Waals surface area contributed by atoms with Crippen molar-refractivity contribution in [1.82, 2.24) is 0 Å². The lowest BCUT2D eigenvalue weighted by molar-refractivity contribution is -0.162. The Morgan fingerprint density at radius 2 is 1.63 bits per heavy atom. The fraction of sp³-hybridized carbons (Fsp3) is 0.200. The van der Waals surface area contributed by atoms with E-state index in [1.54, 1.807) is 0 Å². The number of carbonyl (C=O) groups is 1. The number of carboxylic acid groups (broad SMARTS) is 1. The molecule has 0 saturated heterocycles. The van der Waals surface area contributed by atoms with Crippen LogP contribution in [0.5, 0.6) is 0 Å². The van der Waals surface area contributed by atoms with Crippen molar-refractivity contribution in [3.63, 3.8) is 0 Å². The van der Waals surface area contributed by atoms with Gasteiger partial charge >= 0.3 is 18.3 Å². The van der Waals surface area contributed by atoms with Gasteiger partial charge in [-0.3, -0.25) is 0 Å². The lowest BCUT2D eigenvalue weighted by Crippen LogP contribution is -2.20. The maximum absolute atomic E-state index is 12.6. The van der Waals surface area contributed by atoms with E-state index in [9.17, 15) is 31.1 Å². The number of halogens is 6. The van der Waals surface area contributed by atoms with E-state index in [0.717, 1.165) is 6.07 Å². The predicted octanol–water partition coefficient (Wildman–Crippen LogP) is 3.29. The summed E-state index contributed by atoms with van der Waals surface area (Å²) in [4.78, 5) is 10.6. The second-order valence-corrected chi connectivity index (χ2v) is 3.32. The Hall–Kier alpha value is -2.24. The minimum atomic E-state index is -5.50. The summed E-state index contributed by atoms with van der Waals surface area (Å²) in [5, 5.41) is 17.1. The van der Waals surface area contributed by atoms with Crippen LogP contribution in [0, 0.1) is 11.3 Å². The lowest BCUT2D eigenvalue weighted by atomic mass is 9.95. The van der Waals surface area contributed by atoms with E-state index in [-0.39, 0.29) is 6.07 Å². The topological polar surface area (TPSA) is 61.1 Å². The van der Waals surface area contributed by atoms with Gasteiger partial charge in [0.2, 0.25) is 0 Å². The number of rotatable bonds is 1. The first-order chi connectivity index (χ1) is 8.50. The van der Waals surface area contributed by atoms with E-state index >= 15 is 0 Å². The van der Waals surface area contributed by atoms with Gasteiger partial charge in [-0.1, -0.05) is 0 Å². The predicted molar refractivity (Wildman–Crippen MR) is 48.1 cm³/mol. The van der Waals surface area contributed by atoms with Crippen LogP contribution in [0.1, 0.15) is 27.0 Å². The molecule has 102 valence electrons. The Bertz CT molecular complexity index is 567. The quantitative estimate of drug-likeness (QED) is 0.804. The van der Waals surface area contributed by atoms with Crippen molar-refractivity contribution in [3.8, 4) is 6.07 Å². The smallest absolute Gasteiger partial charge is 0.418 e. The summed E-state index contributed by atoms with van der Waals surface area (Å²) in [5.41, 5.74) is -7.08. The van der Waals surface area contributed by atoms with Gasteiger partial charge in [0.05, 0.1) is 22.3 Å². The van der Waals surface area contributed by atoms with Crippen LogP contribution >= 0.6 is 0 Å². The Kier molecular flexibility index (Phi) is 3.48. The number of hydrogen-bond donors (Lipinski definition) is 1. The summed E-state index contributed by atoms with van der Waals surface area (Å²) in [6.45, 7) is 0. The van der Waals surface area contributed by atoms with Crippen molar-refractivity contribution in [2.45, 2.75) is 12.4 Å². The molecule has 1 aromatic carbocycles. The maximum atomic E-state index is 12.6. The molecule has 0 heterocycles. The Balaban J connectivity index is 3.83. The average Bonchev–Trinajstić information content (AvgIpc) is 2.24. The molecule has 0 spiro atoms. The number of nitrogens with zero attached hydrogens (tertiary/aromatic N) is 1. The van der Waals surface area contributed by atoms with E-state index in [0.29, 0.717) is 6.07 Å². The third kappa shape index (κ3) is 2.78. The summed E-state index contributed by atoms with van der Waals surface area (Å²) in [7, 11) is 0. The van der Waals surface area contributed by atoms with Gasteiger partial charge in [0.1, 0.15) is 6.07 Å². The van der Waals surface area contributed by atoms with Crippen LogP contribution in [-0.4, -0.2) is 11.1 Å². The first kappa shape index (κ1) is 14.8. The highest BCUT2D eigenvalue weighted by molar-refractivity contribution is 5.91. The minimum absolute atomic E-state index is 0.00683. The molecule has 3 nitrogen and oxygen atoms in total. The highest BCUT2D eigenvalue weighted by atomic mass is 19.4. The second-order valence-electron chi connectivity index (χ2n) is 3.32. The zero-order chi connectivity index (χ0) is 15.0. The molecule has 9 heteroatoms. The zero-order valence-corrected chi connectivity index (χ0v) is 8.73. The Morgan fingerprint density at radius 1 is 1.11 bits per heavy atom. The van der Waals surface area contributed by atoms with E-state index < -0.39 is 40.6 Å². The molecule has 0 aliphatic carbocycles. The third-order valence-corrected chi connectivity index (χ3v) is 2.14. The lowest BCUT2D eigenvalue weighted by Gasteiger charge is -2.17. The fourth-order valence-electron chi connectivity index (χ4n) is 1.43. The van der Waals surface area contributed by atoms with Crippen molar-refractivity contribution >= 4 is 5.97 Å². The van der Waals surface area contributed by atoms with Crippen LogP contribution in [0.2, 0.25) is 0 Å². The molecule has 0 unspecified atom stereocenters. The largest absolute Gasteiger partial charge is 0.478 e. The monoisotopic (exact) mass is 283 g/mol. The molecule has 0 atom stereocenters. The van der Waals surface area contributed by atoms with E-state index in [4.69, 9.17) is 10.4 Å². The summed E-state index contributed by atoms with van der Waals surface area (Å²) >= 11 is 0. The van der Waals surface area contributed by atoms with Crippen LogP contribution < -0.4 is 0 Å². The van der Waals surface area contributed by atoms with E-state index in [1.165, 1.54) is 0 Å². The number of carboxylic acids is 1. The van der Waals surface area contributed by atoms with Crippen LogP contribution in [0.25, 0.3) is 0 Å². The first-order valence-electron chi connectivity index (χ1n) is 4.45. The number of aromatic carboxylic acids is 1. The molecule has 0 fully saturated rings. The molecule has 0 aromatic heterocycles. The highest BCUT2D eigenvalue weighted by Gasteiger charge is 2.46. The molecule has 0 aliphatic heterocycles. The number of nitriles is 1. The Labute approximate surface area is 101 Å². The van der Waals surface area contributed by atoms with Gasteiger partial charge in [-0.2, -0.15) is 31.6 Å². The number of alkyl halides is 6. The van der Waals surface area contributed by atoms with Crippen LogP contribution in [-0.2, 0) is 12.4 Å². The van der Waals surface area contributed by atoms with Gasteiger partial charge in [-0.15, -0.1) is 0 Å². The maximum Gasteiger partial charge on any atom is 0.418 e. The summed E-state index contributed by atoms with van der Waals surface area (Å²) in [5.74, 6) is -1.92. The van der Waals surface area contributed by atoms with E-state index in [1.807, 2.05) is 0 Å². The molecular weight excluding hydrogens is 280 g/mol. The standard InChI is InChI=1S/C10H3F6NO2/c11-9(12,13)6-2-1-4(8(18)19)5(3-17)7(6)10(14,15)16/h1-2H,(H,18,19). The minimum Gasteiger partial charge on any atom is -0.478 e. The number of hydrogen-bond acceptors (Lipinski definition) is 2.